The molecule has 0 fully saturated rings. The molecule has 0 atom stereocenters. The third-order valence-corrected chi connectivity index (χ3v) is 5.71. The smallest absolute Gasteiger partial charge is 0.260 e. The van der Waals surface area contributed by atoms with Crippen LogP contribution in [0.15, 0.2) is 65.8 Å². The molecule has 3 aromatic rings. The predicted octanol–water partition coefficient (Wildman–Crippen LogP) is 3.72. The first-order valence-corrected chi connectivity index (χ1v) is 11.0. The molecule has 3 aromatic carbocycles. The summed E-state index contributed by atoms with van der Waals surface area (Å²) in [5, 5.41) is 6.43. The molecule has 0 aliphatic rings. The predicted molar refractivity (Wildman–Crippen MR) is 118 cm³/mol. The Kier molecular flexibility index (Phi) is 6.20. The highest BCUT2D eigenvalue weighted by Gasteiger charge is 2.22. The highest BCUT2D eigenvalue weighted by molar-refractivity contribution is 7.92. The van der Waals surface area contributed by atoms with Crippen LogP contribution in [0.25, 0.3) is 10.8 Å². The molecule has 0 saturated carbocycles. The molecule has 0 radical (unpaired) electrons. The highest BCUT2D eigenvalue weighted by atomic mass is 35.5. The van der Waals surface area contributed by atoms with Crippen LogP contribution in [-0.4, -0.2) is 33.3 Å². The summed E-state index contributed by atoms with van der Waals surface area (Å²) in [6.07, 6.45) is 2.58. The lowest BCUT2D eigenvalue weighted by atomic mass is 10.1. The van der Waals surface area contributed by atoms with Crippen LogP contribution in [0.1, 0.15) is 11.1 Å². The molecule has 0 aliphatic carbocycles. The number of sulfonamides is 1. The number of aryl methyl sites for hydroxylation is 1. The molecule has 6 nitrogen and oxygen atoms in total. The van der Waals surface area contributed by atoms with Gasteiger partial charge in [0, 0.05) is 10.6 Å². The number of carbonyl (C=O) groups excluding carboxylic acids is 1. The molecule has 0 aliphatic heterocycles. The second-order valence-corrected chi connectivity index (χ2v) is 8.91. The molecule has 29 heavy (non-hydrogen) atoms. The van der Waals surface area contributed by atoms with E-state index in [1.165, 1.54) is 12.3 Å². The Morgan fingerprint density at radius 2 is 1.86 bits per heavy atom. The van der Waals surface area contributed by atoms with Gasteiger partial charge in [0.15, 0.2) is 0 Å². The van der Waals surface area contributed by atoms with Gasteiger partial charge in [-0.3, -0.25) is 9.10 Å². The number of nitrogens with zero attached hydrogens (tertiary/aromatic N) is 2. The monoisotopic (exact) mass is 429 g/mol. The molecule has 1 N–H and O–H groups in total. The topological polar surface area (TPSA) is 78.8 Å². The molecule has 150 valence electrons. The van der Waals surface area contributed by atoms with E-state index in [-0.39, 0.29) is 0 Å². The van der Waals surface area contributed by atoms with Gasteiger partial charge in [0.2, 0.25) is 10.0 Å². The summed E-state index contributed by atoms with van der Waals surface area (Å²) in [5.74, 6) is -0.564. The molecule has 1 amide bonds. The Labute approximate surface area is 174 Å². The van der Waals surface area contributed by atoms with E-state index in [2.05, 4.69) is 10.5 Å². The van der Waals surface area contributed by atoms with Gasteiger partial charge in [0.05, 0.1) is 18.2 Å². The molecule has 0 spiro atoms. The van der Waals surface area contributed by atoms with Crippen molar-refractivity contribution in [2.45, 2.75) is 6.92 Å². The molecule has 8 heteroatoms. The molecule has 0 heterocycles. The first-order chi connectivity index (χ1) is 13.8. The lowest BCUT2D eigenvalue weighted by molar-refractivity contribution is -0.119. The molecule has 0 unspecified atom stereocenters. The summed E-state index contributed by atoms with van der Waals surface area (Å²) in [7, 11) is -3.70. The zero-order valence-electron chi connectivity index (χ0n) is 16.0. The lowest BCUT2D eigenvalue weighted by Gasteiger charge is -2.23. The number of hydrazone groups is 1. The third-order valence-electron chi connectivity index (χ3n) is 4.34. The average Bonchev–Trinajstić information content (AvgIpc) is 2.67. The standard InChI is InChI=1S/C21H20ClN3O3S/c1-15-10-11-18(22)12-20(15)25(29(2,27)28)14-21(26)24-23-13-17-8-5-7-16-6-3-4-9-19(16)17/h3-13H,14H2,1-2H3,(H,24,26)/b23-13-. The van der Waals surface area contributed by atoms with E-state index < -0.39 is 22.5 Å². The molecule has 0 aromatic heterocycles. The van der Waals surface area contributed by atoms with Crippen molar-refractivity contribution in [1.82, 2.24) is 5.43 Å². The van der Waals surface area contributed by atoms with Gasteiger partial charge in [-0.25, -0.2) is 13.8 Å². The number of amides is 1. The minimum atomic E-state index is -3.70. The van der Waals surface area contributed by atoms with Crippen LogP contribution in [0.2, 0.25) is 5.02 Å². The molecule has 3 rings (SSSR count). The highest BCUT2D eigenvalue weighted by Crippen LogP contribution is 2.26. The van der Waals surface area contributed by atoms with E-state index in [9.17, 15) is 13.2 Å². The van der Waals surface area contributed by atoms with Crippen molar-refractivity contribution >= 4 is 50.2 Å². The average molecular weight is 430 g/mol. The van der Waals surface area contributed by atoms with Crippen LogP contribution in [0.5, 0.6) is 0 Å². The maximum Gasteiger partial charge on any atom is 0.260 e. The van der Waals surface area contributed by atoms with Gasteiger partial charge in [-0.2, -0.15) is 5.10 Å². The number of halogens is 1. The van der Waals surface area contributed by atoms with Crippen molar-refractivity contribution in [3.8, 4) is 0 Å². The Morgan fingerprint density at radius 1 is 1.14 bits per heavy atom. The third kappa shape index (κ3) is 5.13. The van der Waals surface area contributed by atoms with E-state index in [1.54, 1.807) is 19.1 Å². The minimum absolute atomic E-state index is 0.355. The van der Waals surface area contributed by atoms with Crippen molar-refractivity contribution in [1.29, 1.82) is 0 Å². The van der Waals surface area contributed by atoms with Crippen LogP contribution >= 0.6 is 11.6 Å². The molecule has 0 bridgehead atoms. The first-order valence-electron chi connectivity index (χ1n) is 8.79. The maximum atomic E-state index is 12.4. The number of benzene rings is 3. The Bertz CT molecular complexity index is 1190. The zero-order valence-corrected chi connectivity index (χ0v) is 17.5. The van der Waals surface area contributed by atoms with Crippen molar-refractivity contribution < 1.29 is 13.2 Å². The van der Waals surface area contributed by atoms with Crippen LogP contribution in [-0.2, 0) is 14.8 Å². The fourth-order valence-electron chi connectivity index (χ4n) is 2.93. The Morgan fingerprint density at radius 3 is 2.62 bits per heavy atom. The fourth-order valence-corrected chi connectivity index (χ4v) is 4.01. The van der Waals surface area contributed by atoms with Gasteiger partial charge in [0.1, 0.15) is 6.54 Å². The summed E-state index contributed by atoms with van der Waals surface area (Å²) in [6.45, 7) is 1.34. The van der Waals surface area contributed by atoms with Gasteiger partial charge in [-0.05, 0) is 35.4 Å². The van der Waals surface area contributed by atoms with Gasteiger partial charge in [-0.15, -0.1) is 0 Å². The summed E-state index contributed by atoms with van der Waals surface area (Å²) in [6, 6.07) is 18.5. The van der Waals surface area contributed by atoms with Crippen molar-refractivity contribution in [3.05, 3.63) is 76.8 Å². The Hall–Kier alpha value is -2.90. The zero-order chi connectivity index (χ0) is 21.0. The quantitative estimate of drug-likeness (QED) is 0.479. The van der Waals surface area contributed by atoms with E-state index in [0.717, 1.165) is 26.9 Å². The van der Waals surface area contributed by atoms with Crippen molar-refractivity contribution in [3.63, 3.8) is 0 Å². The number of anilines is 1. The van der Waals surface area contributed by atoms with E-state index in [1.807, 2.05) is 42.5 Å². The molecular weight excluding hydrogens is 410 g/mol. The van der Waals surface area contributed by atoms with Crippen molar-refractivity contribution in [2.24, 2.45) is 5.10 Å². The number of rotatable bonds is 6. The van der Waals surface area contributed by atoms with Crippen molar-refractivity contribution in [2.75, 3.05) is 17.1 Å². The van der Waals surface area contributed by atoms with Gasteiger partial charge in [0.25, 0.3) is 5.91 Å². The van der Waals surface area contributed by atoms with Gasteiger partial charge >= 0.3 is 0 Å². The van der Waals surface area contributed by atoms with Crippen LogP contribution in [0.4, 0.5) is 5.69 Å². The Balaban J connectivity index is 1.77. The number of hydrogen-bond donors (Lipinski definition) is 1. The SMILES string of the molecule is Cc1ccc(Cl)cc1N(CC(=O)N/N=C\c1cccc2ccccc12)S(C)(=O)=O. The molecule has 0 saturated heterocycles. The maximum absolute atomic E-state index is 12.4. The van der Waals surface area contributed by atoms with Gasteiger partial charge < -0.3 is 0 Å². The van der Waals surface area contributed by atoms with Crippen LogP contribution < -0.4 is 9.73 Å². The normalized spacial score (nSPS) is 11.7. The van der Waals surface area contributed by atoms with Gasteiger partial charge in [-0.1, -0.05) is 60.1 Å². The number of hydrogen-bond acceptors (Lipinski definition) is 4. The summed E-state index contributed by atoms with van der Waals surface area (Å²) < 4.78 is 25.5. The van der Waals surface area contributed by atoms with E-state index in [0.29, 0.717) is 16.3 Å². The lowest BCUT2D eigenvalue weighted by Crippen LogP contribution is -2.39. The fraction of sp³-hybridized carbons (Fsp3) is 0.143. The number of fused-ring (bicyclic) bond motifs is 1. The summed E-state index contributed by atoms with van der Waals surface area (Å²) in [4.78, 5) is 12.4. The van der Waals surface area contributed by atoms with E-state index in [4.69, 9.17) is 11.6 Å². The first kappa shape index (κ1) is 20.8. The second-order valence-electron chi connectivity index (χ2n) is 6.56. The van der Waals surface area contributed by atoms with Crippen LogP contribution in [0.3, 0.4) is 0 Å². The summed E-state index contributed by atoms with van der Waals surface area (Å²) >= 11 is 6.00. The second kappa shape index (κ2) is 8.63. The van der Waals surface area contributed by atoms with E-state index >= 15 is 0 Å². The minimum Gasteiger partial charge on any atom is -0.271 e. The number of nitrogens with one attached hydrogen (secondary N) is 1. The number of carbonyl (C=O) groups is 1. The largest absolute Gasteiger partial charge is 0.271 e. The van der Waals surface area contributed by atoms with Crippen LogP contribution in [0, 0.1) is 6.92 Å². The summed E-state index contributed by atoms with van der Waals surface area (Å²) in [5.41, 5.74) is 4.28. The molecular formula is C21H20ClN3O3S.